The van der Waals surface area contributed by atoms with Crippen molar-refractivity contribution in [2.45, 2.75) is 24.9 Å². The Labute approximate surface area is 136 Å². The number of rotatable bonds is 2. The van der Waals surface area contributed by atoms with Crippen LogP contribution in [0.15, 0.2) is 19.5 Å². The second-order valence-electron chi connectivity index (χ2n) is 4.64. The van der Waals surface area contributed by atoms with Crippen molar-refractivity contribution in [3.8, 4) is 0 Å². The predicted molar refractivity (Wildman–Crippen MR) is 82.3 cm³/mol. The third-order valence-corrected chi connectivity index (χ3v) is 6.19. The fourth-order valence-electron chi connectivity index (χ4n) is 2.17. The van der Waals surface area contributed by atoms with Crippen LogP contribution in [-0.4, -0.2) is 40.4 Å². The number of amides is 1. The average Bonchev–Trinajstić information content (AvgIpc) is 2.88. The van der Waals surface area contributed by atoms with Crippen molar-refractivity contribution >= 4 is 59.5 Å². The third kappa shape index (κ3) is 3.04. The molecule has 0 aromatic rings. The quantitative estimate of drug-likeness (QED) is 0.693. The first-order chi connectivity index (χ1) is 8.85. The molecule has 1 saturated heterocycles. The molecule has 0 aromatic carbocycles. The number of Topliss-reactive ketones (excluding diaryl/α,β-unsaturated/α-hetero) is 1. The molecule has 4 nitrogen and oxygen atoms in total. The predicted octanol–water partition coefficient (Wildman–Crippen LogP) is 2.59. The first kappa shape index (κ1) is 15.4. The van der Waals surface area contributed by atoms with E-state index in [2.05, 4.69) is 47.8 Å². The molecule has 7 heteroatoms. The van der Waals surface area contributed by atoms with Gasteiger partial charge in [-0.25, -0.2) is 0 Å². The summed E-state index contributed by atoms with van der Waals surface area (Å²) >= 11 is 9.46. The van der Waals surface area contributed by atoms with Gasteiger partial charge in [-0.1, -0.05) is 15.9 Å². The summed E-state index contributed by atoms with van der Waals surface area (Å²) in [6.07, 6.45) is 3.30. The number of hydrogen-bond donors (Lipinski definition) is 1. The maximum absolute atomic E-state index is 12.1. The molecule has 19 heavy (non-hydrogen) atoms. The van der Waals surface area contributed by atoms with E-state index in [0.717, 1.165) is 25.9 Å². The van der Waals surface area contributed by atoms with Crippen molar-refractivity contribution in [2.24, 2.45) is 0 Å². The monoisotopic (exact) mass is 455 g/mol. The molecule has 1 heterocycles. The zero-order valence-corrected chi connectivity index (χ0v) is 14.7. The Kier molecular flexibility index (Phi) is 4.70. The SMILES string of the molecule is O=C1C(Br)=CC(O)(CC(=O)N2CCCC2)C(Br)=C1Br. The van der Waals surface area contributed by atoms with E-state index in [4.69, 9.17) is 0 Å². The fraction of sp³-hybridized carbons (Fsp3) is 0.500. The molecule has 1 unspecified atom stereocenters. The molecule has 0 bridgehead atoms. The summed E-state index contributed by atoms with van der Waals surface area (Å²) in [6.45, 7) is 1.47. The van der Waals surface area contributed by atoms with Crippen LogP contribution in [0.5, 0.6) is 0 Å². The summed E-state index contributed by atoms with van der Waals surface area (Å²) in [5, 5.41) is 10.6. The highest BCUT2D eigenvalue weighted by molar-refractivity contribution is 9.14. The van der Waals surface area contributed by atoms with Gasteiger partial charge in [0.1, 0.15) is 5.60 Å². The molecule has 0 spiro atoms. The Morgan fingerprint density at radius 1 is 1.32 bits per heavy atom. The highest BCUT2D eigenvalue weighted by Crippen LogP contribution is 2.40. The normalized spacial score (nSPS) is 27.9. The standard InChI is InChI=1S/C12H12Br3NO3/c13-7-5-12(19,11(15)9(14)10(7)18)6-8(17)16-3-1-2-4-16/h5,19H,1-4,6H2. The molecule has 104 valence electrons. The molecular formula is C12H12Br3NO3. The number of likely N-dealkylation sites (tertiary alicyclic amines) is 1. The highest BCUT2D eigenvalue weighted by Gasteiger charge is 2.40. The molecule has 1 aliphatic carbocycles. The molecule has 1 fully saturated rings. The molecule has 0 radical (unpaired) electrons. The van der Waals surface area contributed by atoms with Gasteiger partial charge >= 0.3 is 0 Å². The van der Waals surface area contributed by atoms with Gasteiger partial charge in [-0.05, 0) is 50.8 Å². The first-order valence-electron chi connectivity index (χ1n) is 5.84. The molecule has 1 atom stereocenters. The molecule has 2 aliphatic rings. The van der Waals surface area contributed by atoms with Gasteiger partial charge in [0.05, 0.1) is 15.4 Å². The van der Waals surface area contributed by atoms with Crippen LogP contribution < -0.4 is 0 Å². The van der Waals surface area contributed by atoms with Crippen LogP contribution in [0.1, 0.15) is 19.3 Å². The lowest BCUT2D eigenvalue weighted by atomic mass is 9.93. The van der Waals surface area contributed by atoms with Gasteiger partial charge in [-0.3, -0.25) is 9.59 Å². The molecule has 2 rings (SSSR count). The molecule has 0 saturated carbocycles. The van der Waals surface area contributed by atoms with Gasteiger partial charge in [0, 0.05) is 17.6 Å². The number of carbonyl (C=O) groups is 2. The summed E-state index contributed by atoms with van der Waals surface area (Å²) < 4.78 is 0.777. The number of carbonyl (C=O) groups excluding carboxylic acids is 2. The van der Waals surface area contributed by atoms with Gasteiger partial charge in [0.25, 0.3) is 0 Å². The van der Waals surface area contributed by atoms with Crippen molar-refractivity contribution in [1.29, 1.82) is 0 Å². The first-order valence-corrected chi connectivity index (χ1v) is 8.22. The van der Waals surface area contributed by atoms with E-state index in [1.807, 2.05) is 0 Å². The second kappa shape index (κ2) is 5.79. The minimum Gasteiger partial charge on any atom is -0.380 e. The van der Waals surface area contributed by atoms with Gasteiger partial charge in [-0.2, -0.15) is 0 Å². The van der Waals surface area contributed by atoms with Crippen LogP contribution in [0.2, 0.25) is 0 Å². The van der Waals surface area contributed by atoms with E-state index in [0.29, 0.717) is 4.48 Å². The smallest absolute Gasteiger partial charge is 0.226 e. The van der Waals surface area contributed by atoms with Crippen molar-refractivity contribution in [1.82, 2.24) is 4.90 Å². The third-order valence-electron chi connectivity index (χ3n) is 3.23. The van der Waals surface area contributed by atoms with Gasteiger partial charge in [0.2, 0.25) is 11.7 Å². The summed E-state index contributed by atoms with van der Waals surface area (Å²) in [5.74, 6) is -0.367. The molecular weight excluding hydrogens is 446 g/mol. The van der Waals surface area contributed by atoms with Gasteiger partial charge in [0.15, 0.2) is 0 Å². The van der Waals surface area contributed by atoms with Crippen LogP contribution >= 0.6 is 47.8 Å². The molecule has 1 amide bonds. The van der Waals surface area contributed by atoms with E-state index in [9.17, 15) is 14.7 Å². The van der Waals surface area contributed by atoms with E-state index in [1.165, 1.54) is 6.08 Å². The van der Waals surface area contributed by atoms with Crippen LogP contribution in [0.4, 0.5) is 0 Å². The number of hydrogen-bond acceptors (Lipinski definition) is 3. The van der Waals surface area contributed by atoms with Crippen LogP contribution in [-0.2, 0) is 9.59 Å². The number of ketones is 1. The fourth-order valence-corrected chi connectivity index (χ4v) is 4.01. The lowest BCUT2D eigenvalue weighted by Gasteiger charge is -2.30. The van der Waals surface area contributed by atoms with Crippen molar-refractivity contribution in [3.63, 3.8) is 0 Å². The summed E-state index contributed by atoms with van der Waals surface area (Å²) in [7, 11) is 0. The van der Waals surface area contributed by atoms with Crippen molar-refractivity contribution < 1.29 is 14.7 Å². The summed E-state index contributed by atoms with van der Waals surface area (Å²) in [6, 6.07) is 0. The van der Waals surface area contributed by atoms with Crippen LogP contribution in [0, 0.1) is 0 Å². The summed E-state index contributed by atoms with van der Waals surface area (Å²) in [4.78, 5) is 25.6. The maximum Gasteiger partial charge on any atom is 0.226 e. The molecule has 0 aromatic heterocycles. The Morgan fingerprint density at radius 2 is 1.89 bits per heavy atom. The second-order valence-corrected chi connectivity index (χ2v) is 7.08. The zero-order chi connectivity index (χ0) is 14.2. The van der Waals surface area contributed by atoms with Crippen molar-refractivity contribution in [3.05, 3.63) is 19.5 Å². The minimum atomic E-state index is -1.48. The molecule has 1 N–H and O–H groups in total. The number of halogens is 3. The maximum atomic E-state index is 12.1. The topological polar surface area (TPSA) is 57.6 Å². The van der Waals surface area contributed by atoms with Crippen LogP contribution in [0.25, 0.3) is 0 Å². The lowest BCUT2D eigenvalue weighted by Crippen LogP contribution is -2.39. The van der Waals surface area contributed by atoms with E-state index in [1.54, 1.807) is 4.90 Å². The Bertz CT molecular complexity index is 494. The van der Waals surface area contributed by atoms with E-state index < -0.39 is 5.60 Å². The van der Waals surface area contributed by atoms with Gasteiger partial charge in [-0.15, -0.1) is 0 Å². The zero-order valence-electron chi connectivity index (χ0n) is 9.96. The Morgan fingerprint density at radius 3 is 2.47 bits per heavy atom. The lowest BCUT2D eigenvalue weighted by molar-refractivity contribution is -0.133. The highest BCUT2D eigenvalue weighted by atomic mass is 79.9. The van der Waals surface area contributed by atoms with Crippen molar-refractivity contribution in [2.75, 3.05) is 13.1 Å². The molecule has 1 aliphatic heterocycles. The number of allylic oxidation sites excluding steroid dienone is 2. The Balaban J connectivity index is 2.22. The largest absolute Gasteiger partial charge is 0.380 e. The average molecular weight is 458 g/mol. The Hall–Kier alpha value is 0.0200. The number of aliphatic hydroxyl groups is 1. The van der Waals surface area contributed by atoms with Crippen LogP contribution in [0.3, 0.4) is 0 Å². The number of nitrogens with zero attached hydrogens (tertiary/aromatic N) is 1. The summed E-state index contributed by atoms with van der Waals surface area (Å²) in [5.41, 5.74) is -1.48. The van der Waals surface area contributed by atoms with E-state index >= 15 is 0 Å². The van der Waals surface area contributed by atoms with Gasteiger partial charge < -0.3 is 10.0 Å². The van der Waals surface area contributed by atoms with E-state index in [-0.39, 0.29) is 27.1 Å². The minimum absolute atomic E-state index is 0.0783.